The summed E-state index contributed by atoms with van der Waals surface area (Å²) < 4.78 is 6.55. The molecule has 0 saturated heterocycles. The summed E-state index contributed by atoms with van der Waals surface area (Å²) in [5, 5.41) is 3.73. The van der Waals surface area contributed by atoms with E-state index in [1.54, 1.807) is 0 Å². The van der Waals surface area contributed by atoms with Crippen molar-refractivity contribution in [2.45, 2.75) is 32.5 Å². The van der Waals surface area contributed by atoms with Gasteiger partial charge in [-0.3, -0.25) is 0 Å². The van der Waals surface area contributed by atoms with Crippen LogP contribution in [0.2, 0.25) is 13.1 Å². The topological polar surface area (TPSA) is 9.23 Å². The minimum atomic E-state index is -2.29. The van der Waals surface area contributed by atoms with E-state index in [0.717, 1.165) is 5.75 Å². The van der Waals surface area contributed by atoms with Gasteiger partial charge in [0.05, 0.1) is 8.07 Å². The number of ether oxygens (including phenoxy) is 1. The number of benzene rings is 6. The molecular weight excluding hydrogens is 549 g/mol. The maximum Gasteiger partial charge on any atom is 0.126 e. The van der Waals surface area contributed by atoms with E-state index in [9.17, 15) is 0 Å². The molecule has 0 radical (unpaired) electrons. The second-order valence-electron chi connectivity index (χ2n) is 12.8. The average molecular weight is 587 g/mol. The Morgan fingerprint density at radius 2 is 1.16 bits per heavy atom. The van der Waals surface area contributed by atoms with Crippen LogP contribution in [0, 0.1) is 13.8 Å². The smallest absolute Gasteiger partial charge is 0.126 e. The predicted octanol–water partition coefficient (Wildman–Crippen LogP) is 10.6. The van der Waals surface area contributed by atoms with Gasteiger partial charge in [-0.1, -0.05) is 158 Å². The van der Waals surface area contributed by atoms with Crippen molar-refractivity contribution >= 4 is 24.0 Å². The summed E-state index contributed by atoms with van der Waals surface area (Å²) in [6, 6.07) is 45.3. The molecule has 6 aromatic carbocycles. The zero-order valence-electron chi connectivity index (χ0n) is 26.0. The molecule has 1 aliphatic carbocycles. The van der Waals surface area contributed by atoms with Crippen LogP contribution in [0.1, 0.15) is 27.8 Å². The van der Waals surface area contributed by atoms with E-state index in [0.29, 0.717) is 6.61 Å². The molecule has 44 heavy (non-hydrogen) atoms. The van der Waals surface area contributed by atoms with E-state index in [1.807, 2.05) is 6.08 Å². The van der Waals surface area contributed by atoms with Crippen molar-refractivity contribution in [3.05, 3.63) is 156 Å². The normalized spacial score (nSPS) is 12.6. The first-order chi connectivity index (χ1) is 21.3. The van der Waals surface area contributed by atoms with Gasteiger partial charge < -0.3 is 4.74 Å². The molecule has 0 aliphatic heterocycles. The second kappa shape index (κ2) is 11.1. The molecule has 0 saturated carbocycles. The molecule has 0 amide bonds. The maximum atomic E-state index is 6.55. The Morgan fingerprint density at radius 1 is 0.636 bits per heavy atom. The number of fused-ring (bicyclic) bond motifs is 4. The maximum absolute atomic E-state index is 6.55. The molecule has 216 valence electrons. The second-order valence-corrected chi connectivity index (χ2v) is 17.3. The van der Waals surface area contributed by atoms with Gasteiger partial charge in [-0.2, -0.15) is 0 Å². The molecule has 1 aliphatic rings. The van der Waals surface area contributed by atoms with Crippen molar-refractivity contribution < 1.29 is 4.74 Å². The first kappa shape index (κ1) is 28.1. The van der Waals surface area contributed by atoms with E-state index >= 15 is 0 Å². The quantitative estimate of drug-likeness (QED) is 0.134. The van der Waals surface area contributed by atoms with Gasteiger partial charge in [0.1, 0.15) is 12.4 Å². The van der Waals surface area contributed by atoms with E-state index in [-0.39, 0.29) is 5.54 Å². The SMILES string of the molecule is C=CCOc1c([Si](C)(C)C2c3cc(-c4ccc(C)cc4)ccc3-c3ccc(-c4ccc(C)cc4)cc32)ccc2ccccc12. The molecular formula is C42H38OSi. The first-order valence-corrected chi connectivity index (χ1v) is 18.6. The van der Waals surface area contributed by atoms with Crippen molar-refractivity contribution in [2.75, 3.05) is 6.61 Å². The molecule has 0 heterocycles. The molecule has 6 aromatic rings. The third-order valence-electron chi connectivity index (χ3n) is 9.43. The van der Waals surface area contributed by atoms with Gasteiger partial charge in [-0.25, -0.2) is 0 Å². The lowest BCUT2D eigenvalue weighted by Gasteiger charge is -2.34. The largest absolute Gasteiger partial charge is 0.489 e. The van der Waals surface area contributed by atoms with Crippen LogP contribution in [-0.2, 0) is 0 Å². The van der Waals surface area contributed by atoms with Crippen LogP contribution in [0.3, 0.4) is 0 Å². The molecule has 0 aromatic heterocycles. The Hall–Kier alpha value is -4.66. The third kappa shape index (κ3) is 4.80. The van der Waals surface area contributed by atoms with E-state index in [2.05, 4.69) is 155 Å². The highest BCUT2D eigenvalue weighted by Gasteiger charge is 2.44. The van der Waals surface area contributed by atoms with Gasteiger partial charge in [0.25, 0.3) is 0 Å². The lowest BCUT2D eigenvalue weighted by atomic mass is 9.97. The van der Waals surface area contributed by atoms with Crippen LogP contribution in [0.25, 0.3) is 44.2 Å². The average Bonchev–Trinajstić information content (AvgIpc) is 3.38. The molecule has 7 rings (SSSR count). The fourth-order valence-electron chi connectivity index (χ4n) is 7.09. The summed E-state index contributed by atoms with van der Waals surface area (Å²) in [6.45, 7) is 13.8. The molecule has 0 spiro atoms. The number of rotatable bonds is 7. The zero-order valence-corrected chi connectivity index (χ0v) is 27.0. The van der Waals surface area contributed by atoms with Crippen LogP contribution in [0.4, 0.5) is 0 Å². The fourth-order valence-corrected chi connectivity index (χ4v) is 10.7. The fraction of sp³-hybridized carbons (Fsp3) is 0.143. The van der Waals surface area contributed by atoms with Crippen LogP contribution in [0.5, 0.6) is 5.75 Å². The highest BCUT2D eigenvalue weighted by Crippen LogP contribution is 2.51. The number of hydrogen-bond donors (Lipinski definition) is 0. The Bertz CT molecular complexity index is 1920. The van der Waals surface area contributed by atoms with Gasteiger partial charge in [0.2, 0.25) is 0 Å². The lowest BCUT2D eigenvalue weighted by molar-refractivity contribution is 0.370. The molecule has 0 atom stereocenters. The summed E-state index contributed by atoms with van der Waals surface area (Å²) in [4.78, 5) is 0. The van der Waals surface area contributed by atoms with Gasteiger partial charge in [-0.15, -0.1) is 0 Å². The van der Waals surface area contributed by atoms with Crippen LogP contribution in [-0.4, -0.2) is 14.7 Å². The molecule has 0 bridgehead atoms. The molecule has 2 heteroatoms. The Balaban J connectivity index is 1.45. The van der Waals surface area contributed by atoms with Crippen molar-refractivity contribution in [1.29, 1.82) is 0 Å². The van der Waals surface area contributed by atoms with Gasteiger partial charge >= 0.3 is 0 Å². The molecule has 0 N–H and O–H groups in total. The van der Waals surface area contributed by atoms with Crippen LogP contribution >= 0.6 is 0 Å². The summed E-state index contributed by atoms with van der Waals surface area (Å²) >= 11 is 0. The molecule has 1 nitrogen and oxygen atoms in total. The predicted molar refractivity (Wildman–Crippen MR) is 191 cm³/mol. The zero-order chi connectivity index (χ0) is 30.4. The van der Waals surface area contributed by atoms with E-state index in [4.69, 9.17) is 4.74 Å². The van der Waals surface area contributed by atoms with Crippen molar-refractivity contribution in [3.63, 3.8) is 0 Å². The van der Waals surface area contributed by atoms with Gasteiger partial charge in [0.15, 0.2) is 0 Å². The Kier molecular flexibility index (Phi) is 7.11. The Morgan fingerprint density at radius 3 is 1.70 bits per heavy atom. The monoisotopic (exact) mass is 586 g/mol. The highest BCUT2D eigenvalue weighted by atomic mass is 28.3. The standard InChI is InChI=1S/C42H38OSi/c1-6-25-43-41-35-10-8-7-9-32(35)21-24-40(41)44(4,5)42-38-26-33(30-15-11-28(2)12-16-30)19-22-36(38)37-23-20-34(27-39(37)42)31-17-13-29(3)14-18-31/h6-24,26-27,42H,1,25H2,2-5H3. The van der Waals surface area contributed by atoms with Crippen LogP contribution in [0.15, 0.2) is 134 Å². The highest BCUT2D eigenvalue weighted by molar-refractivity contribution is 6.92. The van der Waals surface area contributed by atoms with Gasteiger partial charge in [-0.05, 0) is 68.9 Å². The molecule has 0 unspecified atom stereocenters. The number of aryl methyl sites for hydroxylation is 2. The van der Waals surface area contributed by atoms with E-state index < -0.39 is 8.07 Å². The van der Waals surface area contributed by atoms with Gasteiger partial charge in [0, 0.05) is 10.9 Å². The van der Waals surface area contributed by atoms with Crippen molar-refractivity contribution in [3.8, 4) is 39.1 Å². The van der Waals surface area contributed by atoms with Crippen LogP contribution < -0.4 is 9.92 Å². The summed E-state index contributed by atoms with van der Waals surface area (Å²) in [5.74, 6) is 1.01. The first-order valence-electron chi connectivity index (χ1n) is 15.5. The Labute approximate surface area is 262 Å². The lowest BCUT2D eigenvalue weighted by Crippen LogP contribution is -2.48. The minimum Gasteiger partial charge on any atom is -0.489 e. The minimum absolute atomic E-state index is 0.260. The number of hydrogen-bond acceptors (Lipinski definition) is 1. The van der Waals surface area contributed by atoms with Crippen molar-refractivity contribution in [1.82, 2.24) is 0 Å². The van der Waals surface area contributed by atoms with E-state index in [1.165, 1.54) is 71.6 Å². The van der Waals surface area contributed by atoms with Crippen molar-refractivity contribution in [2.24, 2.45) is 0 Å². The molecule has 0 fully saturated rings. The third-order valence-corrected chi connectivity index (χ3v) is 13.3. The summed E-state index contributed by atoms with van der Waals surface area (Å²) in [5.41, 5.74) is 13.4. The summed E-state index contributed by atoms with van der Waals surface area (Å²) in [6.07, 6.45) is 1.85. The summed E-state index contributed by atoms with van der Waals surface area (Å²) in [7, 11) is -2.29.